The summed E-state index contributed by atoms with van der Waals surface area (Å²) in [6.45, 7) is -0.500. The molecule has 0 atom stereocenters. The van der Waals surface area contributed by atoms with Crippen LogP contribution in [0.2, 0.25) is 15.1 Å². The molecule has 0 saturated heterocycles. The highest BCUT2D eigenvalue weighted by Crippen LogP contribution is 2.25. The van der Waals surface area contributed by atoms with E-state index >= 15 is 0 Å². The van der Waals surface area contributed by atoms with E-state index in [-0.39, 0.29) is 11.4 Å². The fourth-order valence-electron chi connectivity index (χ4n) is 2.70. The molecular formula is C21H17Cl3N2O3S. The molecule has 0 saturated carbocycles. The summed E-state index contributed by atoms with van der Waals surface area (Å²) in [7, 11) is -3.96. The van der Waals surface area contributed by atoms with Crippen molar-refractivity contribution in [3.8, 4) is 0 Å². The predicted molar refractivity (Wildman–Crippen MR) is 121 cm³/mol. The molecule has 1 amide bonds. The Kier molecular flexibility index (Phi) is 7.39. The summed E-state index contributed by atoms with van der Waals surface area (Å²) >= 11 is 18.0. The van der Waals surface area contributed by atoms with Crippen molar-refractivity contribution in [2.75, 3.05) is 11.9 Å². The third-order valence-electron chi connectivity index (χ3n) is 4.19. The third kappa shape index (κ3) is 5.74. The molecule has 0 aromatic heterocycles. The number of nitrogens with zero attached hydrogens (tertiary/aromatic N) is 1. The van der Waals surface area contributed by atoms with Gasteiger partial charge in [0.2, 0.25) is 15.9 Å². The first-order chi connectivity index (χ1) is 14.3. The second kappa shape index (κ2) is 9.81. The van der Waals surface area contributed by atoms with Crippen LogP contribution in [0.3, 0.4) is 0 Å². The van der Waals surface area contributed by atoms with Gasteiger partial charge in [0, 0.05) is 27.3 Å². The minimum atomic E-state index is -3.96. The van der Waals surface area contributed by atoms with Crippen LogP contribution in [0.5, 0.6) is 0 Å². The number of anilines is 1. The highest BCUT2D eigenvalue weighted by Gasteiger charge is 2.27. The highest BCUT2D eigenvalue weighted by atomic mass is 35.5. The van der Waals surface area contributed by atoms with Gasteiger partial charge in [-0.3, -0.25) is 4.79 Å². The van der Waals surface area contributed by atoms with Gasteiger partial charge in [-0.25, -0.2) is 8.42 Å². The zero-order chi connectivity index (χ0) is 21.7. The molecule has 0 radical (unpaired) electrons. The largest absolute Gasteiger partial charge is 0.325 e. The van der Waals surface area contributed by atoms with Gasteiger partial charge in [0.15, 0.2) is 0 Å². The van der Waals surface area contributed by atoms with Gasteiger partial charge < -0.3 is 5.32 Å². The molecule has 0 heterocycles. The topological polar surface area (TPSA) is 66.5 Å². The van der Waals surface area contributed by atoms with Gasteiger partial charge in [-0.15, -0.1) is 0 Å². The van der Waals surface area contributed by atoms with E-state index in [0.29, 0.717) is 26.3 Å². The standard InChI is InChI=1S/C21H17Cl3N2O3S/c22-16-8-10-18(11-9-16)25-21(27)14-26(13-15-6-7-17(23)12-20(15)24)30(28,29)19-4-2-1-3-5-19/h1-12H,13-14H2,(H,25,27). The average Bonchev–Trinajstić information content (AvgIpc) is 2.71. The summed E-state index contributed by atoms with van der Waals surface area (Å²) in [5.41, 5.74) is 1.03. The van der Waals surface area contributed by atoms with E-state index in [1.165, 1.54) is 18.2 Å². The Morgan fingerprint density at radius 1 is 0.867 bits per heavy atom. The third-order valence-corrected chi connectivity index (χ3v) is 6.84. The summed E-state index contributed by atoms with van der Waals surface area (Å²) in [6.07, 6.45) is 0. The second-order valence-electron chi connectivity index (χ2n) is 6.38. The Hall–Kier alpha value is -2.09. The fourth-order valence-corrected chi connectivity index (χ4v) is 4.69. The van der Waals surface area contributed by atoms with Crippen LogP contribution in [0, 0.1) is 0 Å². The number of hydrogen-bond donors (Lipinski definition) is 1. The summed E-state index contributed by atoms with van der Waals surface area (Å²) in [6, 6.07) is 19.2. The van der Waals surface area contributed by atoms with Crippen LogP contribution >= 0.6 is 34.8 Å². The minimum Gasteiger partial charge on any atom is -0.325 e. The van der Waals surface area contributed by atoms with Crippen molar-refractivity contribution in [2.24, 2.45) is 0 Å². The Morgan fingerprint density at radius 3 is 2.13 bits per heavy atom. The lowest BCUT2D eigenvalue weighted by atomic mass is 10.2. The zero-order valence-electron chi connectivity index (χ0n) is 15.6. The van der Waals surface area contributed by atoms with Crippen LogP contribution in [0.1, 0.15) is 5.56 Å². The van der Waals surface area contributed by atoms with Crippen molar-refractivity contribution >= 4 is 56.4 Å². The summed E-state index contributed by atoms with van der Waals surface area (Å²) in [4.78, 5) is 12.7. The fraction of sp³-hybridized carbons (Fsp3) is 0.0952. The molecule has 5 nitrogen and oxygen atoms in total. The molecule has 3 aromatic carbocycles. The lowest BCUT2D eigenvalue weighted by molar-refractivity contribution is -0.116. The summed E-state index contributed by atoms with van der Waals surface area (Å²) in [5.74, 6) is -0.498. The molecule has 0 fully saturated rings. The average molecular weight is 484 g/mol. The van der Waals surface area contributed by atoms with Crippen LogP contribution in [-0.2, 0) is 21.4 Å². The van der Waals surface area contributed by atoms with Gasteiger partial charge >= 0.3 is 0 Å². The normalized spacial score (nSPS) is 11.5. The first-order valence-electron chi connectivity index (χ1n) is 8.80. The molecule has 9 heteroatoms. The van der Waals surface area contributed by atoms with Gasteiger partial charge in [-0.1, -0.05) is 59.1 Å². The van der Waals surface area contributed by atoms with E-state index in [1.807, 2.05) is 0 Å². The number of nitrogens with one attached hydrogen (secondary N) is 1. The maximum atomic E-state index is 13.2. The molecule has 156 valence electrons. The molecule has 30 heavy (non-hydrogen) atoms. The summed E-state index contributed by atoms with van der Waals surface area (Å²) < 4.78 is 27.5. The van der Waals surface area contributed by atoms with Gasteiger partial charge in [-0.2, -0.15) is 4.31 Å². The molecule has 0 unspecified atom stereocenters. The Labute approximate surface area is 190 Å². The van der Waals surface area contributed by atoms with Crippen molar-refractivity contribution < 1.29 is 13.2 Å². The van der Waals surface area contributed by atoms with E-state index in [4.69, 9.17) is 34.8 Å². The molecule has 0 aliphatic rings. The smallest absolute Gasteiger partial charge is 0.243 e. The van der Waals surface area contributed by atoms with Gasteiger partial charge in [0.25, 0.3) is 0 Å². The summed E-state index contributed by atoms with van der Waals surface area (Å²) in [5, 5.41) is 3.95. The first-order valence-corrected chi connectivity index (χ1v) is 11.4. The second-order valence-corrected chi connectivity index (χ2v) is 9.59. The number of rotatable bonds is 7. The van der Waals surface area contributed by atoms with E-state index in [1.54, 1.807) is 54.6 Å². The van der Waals surface area contributed by atoms with Gasteiger partial charge in [0.1, 0.15) is 0 Å². The maximum absolute atomic E-state index is 13.2. The molecular weight excluding hydrogens is 467 g/mol. The van der Waals surface area contributed by atoms with E-state index in [0.717, 1.165) is 4.31 Å². The number of sulfonamides is 1. The zero-order valence-corrected chi connectivity index (χ0v) is 18.6. The van der Waals surface area contributed by atoms with Crippen molar-refractivity contribution in [3.63, 3.8) is 0 Å². The molecule has 1 N–H and O–H groups in total. The molecule has 0 aliphatic carbocycles. The molecule has 3 aromatic rings. The molecule has 0 bridgehead atoms. The quantitative estimate of drug-likeness (QED) is 0.484. The van der Waals surface area contributed by atoms with Crippen LogP contribution < -0.4 is 5.32 Å². The van der Waals surface area contributed by atoms with Crippen molar-refractivity contribution in [3.05, 3.63) is 93.4 Å². The number of hydrogen-bond acceptors (Lipinski definition) is 3. The van der Waals surface area contributed by atoms with Crippen LogP contribution in [0.15, 0.2) is 77.7 Å². The predicted octanol–water partition coefficient (Wildman–Crippen LogP) is 5.48. The van der Waals surface area contributed by atoms with Crippen molar-refractivity contribution in [1.29, 1.82) is 0 Å². The molecule has 0 spiro atoms. The molecule has 0 aliphatic heterocycles. The number of halogens is 3. The number of amides is 1. The molecule has 3 rings (SSSR count). The lowest BCUT2D eigenvalue weighted by Gasteiger charge is -2.22. The maximum Gasteiger partial charge on any atom is 0.243 e. The van der Waals surface area contributed by atoms with Crippen molar-refractivity contribution in [2.45, 2.75) is 11.4 Å². The van der Waals surface area contributed by atoms with Crippen LogP contribution in [-0.4, -0.2) is 25.2 Å². The SMILES string of the molecule is O=C(CN(Cc1ccc(Cl)cc1Cl)S(=O)(=O)c1ccccc1)Nc1ccc(Cl)cc1. The number of benzene rings is 3. The van der Waals surface area contributed by atoms with E-state index in [2.05, 4.69) is 5.32 Å². The van der Waals surface area contributed by atoms with Crippen molar-refractivity contribution in [1.82, 2.24) is 4.31 Å². The Balaban J connectivity index is 1.88. The van der Waals surface area contributed by atoms with Crippen LogP contribution in [0.4, 0.5) is 5.69 Å². The first kappa shape index (κ1) is 22.6. The monoisotopic (exact) mass is 482 g/mol. The number of carbonyl (C=O) groups is 1. The lowest BCUT2D eigenvalue weighted by Crippen LogP contribution is -2.37. The van der Waals surface area contributed by atoms with Crippen LogP contribution in [0.25, 0.3) is 0 Å². The highest BCUT2D eigenvalue weighted by molar-refractivity contribution is 7.89. The van der Waals surface area contributed by atoms with Gasteiger partial charge in [-0.05, 0) is 54.1 Å². The Morgan fingerprint density at radius 2 is 1.50 bits per heavy atom. The number of carbonyl (C=O) groups excluding carboxylic acids is 1. The van der Waals surface area contributed by atoms with E-state index < -0.39 is 22.5 Å². The minimum absolute atomic E-state index is 0.0781. The van der Waals surface area contributed by atoms with Gasteiger partial charge in [0.05, 0.1) is 11.4 Å². The Bertz CT molecular complexity index is 1140. The van der Waals surface area contributed by atoms with E-state index in [9.17, 15) is 13.2 Å².